The van der Waals surface area contributed by atoms with E-state index in [9.17, 15) is 9.59 Å². The molecule has 0 spiro atoms. The van der Waals surface area contributed by atoms with Crippen molar-refractivity contribution in [2.24, 2.45) is 11.8 Å². The second-order valence-electron chi connectivity index (χ2n) is 4.19. The zero-order chi connectivity index (χ0) is 12.1. The minimum Gasteiger partial charge on any atom is -0.481 e. The molecule has 0 aliphatic carbocycles. The number of carbonyl (C=O) groups excluding carboxylic acids is 1. The predicted molar refractivity (Wildman–Crippen MR) is 57.1 cm³/mol. The first kappa shape index (κ1) is 12.8. The van der Waals surface area contributed by atoms with Gasteiger partial charge in [0.15, 0.2) is 0 Å². The van der Waals surface area contributed by atoms with Gasteiger partial charge in [0.25, 0.3) is 0 Å². The smallest absolute Gasteiger partial charge is 0.317 e. The Morgan fingerprint density at radius 2 is 2.19 bits per heavy atom. The van der Waals surface area contributed by atoms with E-state index in [-0.39, 0.29) is 11.9 Å². The number of carbonyl (C=O) groups is 2. The quantitative estimate of drug-likeness (QED) is 0.696. The van der Waals surface area contributed by atoms with E-state index >= 15 is 0 Å². The molecule has 1 unspecified atom stereocenters. The molecule has 1 fully saturated rings. The van der Waals surface area contributed by atoms with Gasteiger partial charge in [0.05, 0.1) is 12.5 Å². The SMILES string of the molecule is COCC(C)CNC(=O)N1CC(C(=O)O)C1. The molecule has 1 aliphatic rings. The summed E-state index contributed by atoms with van der Waals surface area (Å²) in [6, 6.07) is -0.194. The molecule has 1 saturated heterocycles. The largest absolute Gasteiger partial charge is 0.481 e. The number of urea groups is 1. The molecule has 0 radical (unpaired) electrons. The monoisotopic (exact) mass is 230 g/mol. The Morgan fingerprint density at radius 1 is 1.56 bits per heavy atom. The van der Waals surface area contributed by atoms with Gasteiger partial charge < -0.3 is 20.1 Å². The van der Waals surface area contributed by atoms with Gasteiger partial charge >= 0.3 is 12.0 Å². The lowest BCUT2D eigenvalue weighted by Crippen LogP contribution is -2.56. The van der Waals surface area contributed by atoms with E-state index in [1.54, 1.807) is 7.11 Å². The Balaban J connectivity index is 2.15. The van der Waals surface area contributed by atoms with Crippen LogP contribution in [0, 0.1) is 11.8 Å². The number of methoxy groups -OCH3 is 1. The van der Waals surface area contributed by atoms with Crippen LogP contribution in [0.25, 0.3) is 0 Å². The van der Waals surface area contributed by atoms with Crippen molar-refractivity contribution in [2.45, 2.75) is 6.92 Å². The van der Waals surface area contributed by atoms with Gasteiger partial charge in [0.1, 0.15) is 0 Å². The number of nitrogens with one attached hydrogen (secondary N) is 1. The van der Waals surface area contributed by atoms with Crippen LogP contribution in [0.1, 0.15) is 6.92 Å². The number of carboxylic acid groups (broad SMARTS) is 1. The molecular formula is C10H18N2O4. The number of hydrogen-bond donors (Lipinski definition) is 2. The van der Waals surface area contributed by atoms with Crippen molar-refractivity contribution in [2.75, 3.05) is 33.4 Å². The highest BCUT2D eigenvalue weighted by molar-refractivity contribution is 5.79. The third-order valence-electron chi connectivity index (χ3n) is 2.57. The van der Waals surface area contributed by atoms with Crippen LogP contribution in [-0.4, -0.2) is 55.4 Å². The Hall–Kier alpha value is -1.30. The van der Waals surface area contributed by atoms with E-state index in [0.717, 1.165) is 0 Å². The van der Waals surface area contributed by atoms with Gasteiger partial charge in [-0.05, 0) is 5.92 Å². The molecule has 6 nitrogen and oxygen atoms in total. The second kappa shape index (κ2) is 5.69. The number of likely N-dealkylation sites (tertiary alicyclic amines) is 1. The molecule has 1 aliphatic heterocycles. The first-order chi connectivity index (χ1) is 7.54. The van der Waals surface area contributed by atoms with E-state index in [2.05, 4.69) is 5.32 Å². The maximum Gasteiger partial charge on any atom is 0.317 e. The van der Waals surface area contributed by atoms with Gasteiger partial charge in [0, 0.05) is 26.7 Å². The van der Waals surface area contributed by atoms with Crippen LogP contribution >= 0.6 is 0 Å². The first-order valence-electron chi connectivity index (χ1n) is 5.29. The highest BCUT2D eigenvalue weighted by atomic mass is 16.5. The molecule has 0 saturated carbocycles. The molecule has 0 bridgehead atoms. The molecule has 2 amide bonds. The molecule has 0 aromatic carbocycles. The summed E-state index contributed by atoms with van der Waals surface area (Å²) in [6.45, 7) is 3.72. The molecule has 16 heavy (non-hydrogen) atoms. The van der Waals surface area contributed by atoms with Crippen LogP contribution < -0.4 is 5.32 Å². The standard InChI is InChI=1S/C10H18N2O4/c1-7(6-16-2)3-11-10(15)12-4-8(5-12)9(13)14/h7-8H,3-6H2,1-2H3,(H,11,15)(H,13,14). The Labute approximate surface area is 94.6 Å². The molecule has 6 heteroatoms. The van der Waals surface area contributed by atoms with Crippen molar-refractivity contribution in [1.29, 1.82) is 0 Å². The normalized spacial score (nSPS) is 17.8. The van der Waals surface area contributed by atoms with E-state index in [1.165, 1.54) is 4.90 Å². The molecule has 1 atom stereocenters. The summed E-state index contributed by atoms with van der Waals surface area (Å²) in [5.41, 5.74) is 0. The summed E-state index contributed by atoms with van der Waals surface area (Å²) in [5.74, 6) is -0.982. The van der Waals surface area contributed by atoms with Crippen molar-refractivity contribution in [1.82, 2.24) is 10.2 Å². The second-order valence-corrected chi connectivity index (χ2v) is 4.19. The lowest BCUT2D eigenvalue weighted by atomic mass is 10.0. The highest BCUT2D eigenvalue weighted by Crippen LogP contribution is 2.15. The van der Waals surface area contributed by atoms with Crippen molar-refractivity contribution >= 4 is 12.0 Å². The van der Waals surface area contributed by atoms with E-state index in [1.807, 2.05) is 6.92 Å². The van der Waals surface area contributed by atoms with E-state index < -0.39 is 11.9 Å². The zero-order valence-corrected chi connectivity index (χ0v) is 9.60. The molecule has 0 aromatic heterocycles. The topological polar surface area (TPSA) is 78.9 Å². The van der Waals surface area contributed by atoms with Gasteiger partial charge in [-0.1, -0.05) is 6.92 Å². The summed E-state index contributed by atoms with van der Waals surface area (Å²) in [4.78, 5) is 23.5. The van der Waals surface area contributed by atoms with E-state index in [0.29, 0.717) is 26.2 Å². The van der Waals surface area contributed by atoms with Gasteiger partial charge in [-0.25, -0.2) is 4.79 Å². The third kappa shape index (κ3) is 3.37. The Kier molecular flexibility index (Phi) is 4.54. The fraction of sp³-hybridized carbons (Fsp3) is 0.800. The lowest BCUT2D eigenvalue weighted by molar-refractivity contribution is -0.146. The predicted octanol–water partition coefficient (Wildman–Crippen LogP) is -0.00510. The number of carboxylic acids is 1. The molecule has 0 aromatic rings. The maximum absolute atomic E-state index is 11.5. The maximum atomic E-state index is 11.5. The number of hydrogen-bond acceptors (Lipinski definition) is 3. The average molecular weight is 230 g/mol. The first-order valence-corrected chi connectivity index (χ1v) is 5.29. The Morgan fingerprint density at radius 3 is 2.69 bits per heavy atom. The van der Waals surface area contributed by atoms with Crippen LogP contribution in [0.4, 0.5) is 4.79 Å². The van der Waals surface area contributed by atoms with Gasteiger partial charge in [0.2, 0.25) is 0 Å². The fourth-order valence-electron chi connectivity index (χ4n) is 1.52. The summed E-state index contributed by atoms with van der Waals surface area (Å²) in [6.07, 6.45) is 0. The fourth-order valence-corrected chi connectivity index (χ4v) is 1.52. The van der Waals surface area contributed by atoms with E-state index in [4.69, 9.17) is 9.84 Å². The van der Waals surface area contributed by atoms with Gasteiger partial charge in [-0.2, -0.15) is 0 Å². The number of nitrogens with zero attached hydrogens (tertiary/aromatic N) is 1. The number of rotatable bonds is 5. The van der Waals surface area contributed by atoms with Crippen molar-refractivity contribution < 1.29 is 19.4 Å². The summed E-state index contributed by atoms with van der Waals surface area (Å²) in [5, 5.41) is 11.4. The van der Waals surface area contributed by atoms with Crippen molar-refractivity contribution in [3.05, 3.63) is 0 Å². The molecule has 2 N–H and O–H groups in total. The number of ether oxygens (including phenoxy) is 1. The molecule has 1 rings (SSSR count). The minimum atomic E-state index is -0.836. The summed E-state index contributed by atoms with van der Waals surface area (Å²) in [7, 11) is 1.62. The molecular weight excluding hydrogens is 212 g/mol. The molecule has 1 heterocycles. The minimum absolute atomic E-state index is 0.194. The third-order valence-corrected chi connectivity index (χ3v) is 2.57. The van der Waals surface area contributed by atoms with Crippen molar-refractivity contribution in [3.63, 3.8) is 0 Å². The number of aliphatic carboxylic acids is 1. The Bertz CT molecular complexity index is 264. The lowest BCUT2D eigenvalue weighted by Gasteiger charge is -2.36. The van der Waals surface area contributed by atoms with Crippen LogP contribution in [0.2, 0.25) is 0 Å². The zero-order valence-electron chi connectivity index (χ0n) is 9.60. The van der Waals surface area contributed by atoms with Crippen LogP contribution in [0.3, 0.4) is 0 Å². The molecule has 92 valence electrons. The van der Waals surface area contributed by atoms with Crippen molar-refractivity contribution in [3.8, 4) is 0 Å². The van der Waals surface area contributed by atoms with Gasteiger partial charge in [-0.15, -0.1) is 0 Å². The van der Waals surface area contributed by atoms with Crippen LogP contribution in [0.5, 0.6) is 0 Å². The van der Waals surface area contributed by atoms with Gasteiger partial charge in [-0.3, -0.25) is 4.79 Å². The summed E-state index contributed by atoms with van der Waals surface area (Å²) < 4.78 is 4.94. The number of amides is 2. The van der Waals surface area contributed by atoms with Crippen LogP contribution in [0.15, 0.2) is 0 Å². The highest BCUT2D eigenvalue weighted by Gasteiger charge is 2.35. The van der Waals surface area contributed by atoms with Crippen LogP contribution in [-0.2, 0) is 9.53 Å². The average Bonchev–Trinajstić information content (AvgIpc) is 2.12. The summed E-state index contributed by atoms with van der Waals surface area (Å²) >= 11 is 0.